The topological polar surface area (TPSA) is 72.9 Å². The zero-order valence-corrected chi connectivity index (χ0v) is 12.6. The van der Waals surface area contributed by atoms with Crippen LogP contribution in [0.25, 0.3) is 0 Å². The van der Waals surface area contributed by atoms with E-state index >= 15 is 0 Å². The van der Waals surface area contributed by atoms with Crippen LogP contribution in [-0.4, -0.2) is 66.7 Å². The SMILES string of the molecule is CCCN(CC(=O)O)C(=O)NC(CN(C)C)C(C)C. The van der Waals surface area contributed by atoms with Crippen molar-refractivity contribution in [2.75, 3.05) is 33.7 Å². The van der Waals surface area contributed by atoms with Crippen molar-refractivity contribution < 1.29 is 14.7 Å². The van der Waals surface area contributed by atoms with E-state index in [0.29, 0.717) is 12.5 Å². The normalized spacial score (nSPS) is 12.6. The average molecular weight is 273 g/mol. The highest BCUT2D eigenvalue weighted by atomic mass is 16.4. The van der Waals surface area contributed by atoms with Crippen LogP contribution in [0.2, 0.25) is 0 Å². The van der Waals surface area contributed by atoms with Crippen LogP contribution < -0.4 is 5.32 Å². The molecular weight excluding hydrogens is 246 g/mol. The Balaban J connectivity index is 4.60. The van der Waals surface area contributed by atoms with E-state index in [9.17, 15) is 9.59 Å². The summed E-state index contributed by atoms with van der Waals surface area (Å²) in [6.45, 7) is 6.92. The van der Waals surface area contributed by atoms with Crippen molar-refractivity contribution in [3.05, 3.63) is 0 Å². The maximum absolute atomic E-state index is 12.1. The number of amides is 2. The predicted molar refractivity (Wildman–Crippen MR) is 75.2 cm³/mol. The van der Waals surface area contributed by atoms with Gasteiger partial charge in [0.2, 0.25) is 0 Å². The summed E-state index contributed by atoms with van der Waals surface area (Å²) in [5, 5.41) is 11.7. The third-order valence-electron chi connectivity index (χ3n) is 2.78. The van der Waals surface area contributed by atoms with E-state index < -0.39 is 5.97 Å². The molecule has 0 saturated heterocycles. The van der Waals surface area contributed by atoms with E-state index in [1.165, 1.54) is 4.90 Å². The molecule has 6 nitrogen and oxygen atoms in total. The number of rotatable bonds is 8. The number of hydrogen-bond donors (Lipinski definition) is 2. The summed E-state index contributed by atoms with van der Waals surface area (Å²) in [4.78, 5) is 26.2. The maximum Gasteiger partial charge on any atom is 0.323 e. The first-order valence-corrected chi connectivity index (χ1v) is 6.69. The van der Waals surface area contributed by atoms with Gasteiger partial charge in [0.05, 0.1) is 0 Å². The molecule has 1 unspecified atom stereocenters. The lowest BCUT2D eigenvalue weighted by Gasteiger charge is -2.29. The van der Waals surface area contributed by atoms with E-state index in [2.05, 4.69) is 5.32 Å². The summed E-state index contributed by atoms with van der Waals surface area (Å²) in [6, 6.07) is -0.291. The molecule has 0 aliphatic heterocycles. The molecule has 0 aromatic rings. The summed E-state index contributed by atoms with van der Waals surface area (Å²) in [6.07, 6.45) is 0.737. The first kappa shape index (κ1) is 17.7. The van der Waals surface area contributed by atoms with Gasteiger partial charge >= 0.3 is 12.0 Å². The minimum absolute atomic E-state index is 0.00986. The second-order valence-corrected chi connectivity index (χ2v) is 5.38. The Labute approximate surface area is 115 Å². The smallest absolute Gasteiger partial charge is 0.323 e. The van der Waals surface area contributed by atoms with E-state index in [0.717, 1.165) is 13.0 Å². The fourth-order valence-corrected chi connectivity index (χ4v) is 1.75. The summed E-state index contributed by atoms with van der Waals surface area (Å²) in [7, 11) is 3.89. The van der Waals surface area contributed by atoms with Crippen molar-refractivity contribution in [2.24, 2.45) is 5.92 Å². The first-order valence-electron chi connectivity index (χ1n) is 6.69. The van der Waals surface area contributed by atoms with Gasteiger partial charge in [0.1, 0.15) is 6.54 Å². The third-order valence-corrected chi connectivity index (χ3v) is 2.78. The Morgan fingerprint density at radius 3 is 2.21 bits per heavy atom. The summed E-state index contributed by atoms with van der Waals surface area (Å²) in [5.41, 5.74) is 0. The highest BCUT2D eigenvalue weighted by Crippen LogP contribution is 2.04. The van der Waals surface area contributed by atoms with E-state index in [1.807, 2.05) is 39.8 Å². The molecule has 0 aliphatic carbocycles. The van der Waals surface area contributed by atoms with Gasteiger partial charge in [-0.2, -0.15) is 0 Å². The third kappa shape index (κ3) is 7.66. The molecule has 0 spiro atoms. The van der Waals surface area contributed by atoms with Gasteiger partial charge < -0.3 is 20.2 Å². The molecule has 0 rings (SSSR count). The quantitative estimate of drug-likeness (QED) is 0.694. The molecule has 0 bridgehead atoms. The zero-order chi connectivity index (χ0) is 15.0. The molecule has 1 atom stereocenters. The Hall–Kier alpha value is -1.30. The number of likely N-dealkylation sites (N-methyl/N-ethyl adjacent to an activating group) is 1. The molecule has 0 fully saturated rings. The summed E-state index contributed by atoms with van der Waals surface area (Å²) < 4.78 is 0. The molecule has 0 radical (unpaired) electrons. The molecule has 19 heavy (non-hydrogen) atoms. The lowest BCUT2D eigenvalue weighted by Crippen LogP contribution is -2.51. The number of carbonyl (C=O) groups is 2. The van der Waals surface area contributed by atoms with Crippen molar-refractivity contribution in [2.45, 2.75) is 33.2 Å². The number of carboxylic acids is 1. The maximum atomic E-state index is 12.1. The van der Waals surface area contributed by atoms with Crippen molar-refractivity contribution in [1.29, 1.82) is 0 Å². The van der Waals surface area contributed by atoms with Gasteiger partial charge in [-0.3, -0.25) is 4.79 Å². The van der Waals surface area contributed by atoms with Gasteiger partial charge in [-0.1, -0.05) is 20.8 Å². The minimum atomic E-state index is -0.989. The van der Waals surface area contributed by atoms with E-state index in [1.54, 1.807) is 0 Å². The fourth-order valence-electron chi connectivity index (χ4n) is 1.75. The minimum Gasteiger partial charge on any atom is -0.480 e. The lowest BCUT2D eigenvalue weighted by atomic mass is 10.0. The van der Waals surface area contributed by atoms with Crippen LogP contribution in [0, 0.1) is 5.92 Å². The summed E-state index contributed by atoms with van der Waals surface area (Å²) in [5.74, 6) is -0.697. The van der Waals surface area contributed by atoms with Crippen LogP contribution in [0.15, 0.2) is 0 Å². The Morgan fingerprint density at radius 2 is 1.84 bits per heavy atom. The van der Waals surface area contributed by atoms with Gasteiger partial charge in [0, 0.05) is 19.1 Å². The highest BCUT2D eigenvalue weighted by Gasteiger charge is 2.21. The first-order chi connectivity index (χ1) is 8.77. The fraction of sp³-hybridized carbons (Fsp3) is 0.846. The molecular formula is C13H27N3O3. The van der Waals surface area contributed by atoms with Crippen molar-refractivity contribution in [1.82, 2.24) is 15.1 Å². The number of urea groups is 1. The predicted octanol–water partition coefficient (Wildman–Crippen LogP) is 1.08. The highest BCUT2D eigenvalue weighted by molar-refractivity contribution is 5.80. The molecule has 2 N–H and O–H groups in total. The monoisotopic (exact) mass is 273 g/mol. The van der Waals surface area contributed by atoms with Crippen LogP contribution >= 0.6 is 0 Å². The second kappa shape index (κ2) is 8.74. The van der Waals surface area contributed by atoms with Crippen LogP contribution in [0.5, 0.6) is 0 Å². The molecule has 0 heterocycles. The van der Waals surface area contributed by atoms with E-state index in [-0.39, 0.29) is 18.6 Å². The summed E-state index contributed by atoms with van der Waals surface area (Å²) >= 11 is 0. The van der Waals surface area contributed by atoms with Crippen molar-refractivity contribution >= 4 is 12.0 Å². The standard InChI is InChI=1S/C13H27N3O3/c1-6-7-16(9-12(17)18)13(19)14-11(10(2)3)8-15(4)5/h10-11H,6-9H2,1-5H3,(H,14,19)(H,17,18). The number of carbonyl (C=O) groups excluding carboxylic acids is 1. The molecule has 0 saturated carbocycles. The van der Waals surface area contributed by atoms with Gasteiger partial charge in [-0.15, -0.1) is 0 Å². The Morgan fingerprint density at radius 1 is 1.26 bits per heavy atom. The molecule has 6 heteroatoms. The lowest BCUT2D eigenvalue weighted by molar-refractivity contribution is -0.137. The Kier molecular flexibility index (Phi) is 8.14. The number of aliphatic carboxylic acids is 1. The van der Waals surface area contributed by atoms with Crippen LogP contribution in [-0.2, 0) is 4.79 Å². The average Bonchev–Trinajstić information content (AvgIpc) is 2.26. The van der Waals surface area contributed by atoms with Crippen molar-refractivity contribution in [3.63, 3.8) is 0 Å². The second-order valence-electron chi connectivity index (χ2n) is 5.38. The molecule has 0 aromatic carbocycles. The van der Waals surface area contributed by atoms with Gasteiger partial charge in [-0.05, 0) is 26.4 Å². The van der Waals surface area contributed by atoms with E-state index in [4.69, 9.17) is 5.11 Å². The van der Waals surface area contributed by atoms with Gasteiger partial charge in [-0.25, -0.2) is 4.79 Å². The molecule has 2 amide bonds. The number of nitrogens with zero attached hydrogens (tertiary/aromatic N) is 2. The van der Waals surface area contributed by atoms with Gasteiger partial charge in [0.25, 0.3) is 0 Å². The van der Waals surface area contributed by atoms with Gasteiger partial charge in [0.15, 0.2) is 0 Å². The van der Waals surface area contributed by atoms with Crippen molar-refractivity contribution in [3.8, 4) is 0 Å². The molecule has 0 aromatic heterocycles. The Bertz CT molecular complexity index is 293. The van der Waals surface area contributed by atoms with Crippen LogP contribution in [0.4, 0.5) is 4.79 Å². The number of hydrogen-bond acceptors (Lipinski definition) is 3. The number of nitrogens with one attached hydrogen (secondary N) is 1. The van der Waals surface area contributed by atoms with Crippen LogP contribution in [0.3, 0.4) is 0 Å². The molecule has 0 aliphatic rings. The number of carboxylic acid groups (broad SMARTS) is 1. The zero-order valence-electron chi connectivity index (χ0n) is 12.6. The largest absolute Gasteiger partial charge is 0.480 e. The molecule has 112 valence electrons. The van der Waals surface area contributed by atoms with Crippen LogP contribution in [0.1, 0.15) is 27.2 Å².